The second-order valence-electron chi connectivity index (χ2n) is 4.56. The van der Waals surface area contributed by atoms with Crippen molar-refractivity contribution in [1.82, 2.24) is 0 Å². The third-order valence-corrected chi connectivity index (χ3v) is 3.35. The maximum Gasteiger partial charge on any atom is 0.167 e. The van der Waals surface area contributed by atoms with E-state index in [0.29, 0.717) is 6.42 Å². The monoisotopic (exact) mass is 234 g/mol. The van der Waals surface area contributed by atoms with Gasteiger partial charge in [0, 0.05) is 12.0 Å². The summed E-state index contributed by atoms with van der Waals surface area (Å²) in [6.45, 7) is 0. The molecule has 3 rings (SSSR count). The molecule has 0 heterocycles. The summed E-state index contributed by atoms with van der Waals surface area (Å²) in [4.78, 5) is 11.8. The molecule has 18 heavy (non-hydrogen) atoms. The highest BCUT2D eigenvalue weighted by Crippen LogP contribution is 2.32. The number of Topliss-reactive ketones (excluding diaryl/α,β-unsaturated/α-hetero) is 1. The Morgan fingerprint density at radius 1 is 0.889 bits per heavy atom. The van der Waals surface area contributed by atoms with E-state index in [-0.39, 0.29) is 5.78 Å². The Balaban J connectivity index is 1.89. The molecule has 0 amide bonds. The lowest BCUT2D eigenvalue weighted by molar-refractivity contribution is 0.100. The zero-order chi connectivity index (χ0) is 12.4. The smallest absolute Gasteiger partial charge is 0.167 e. The van der Waals surface area contributed by atoms with Crippen molar-refractivity contribution in [2.45, 2.75) is 12.8 Å². The number of carbonyl (C=O) groups is 1. The average Bonchev–Trinajstić information content (AvgIpc) is 2.75. The molecule has 0 saturated heterocycles. The molecular weight excluding hydrogens is 220 g/mol. The fourth-order valence-corrected chi connectivity index (χ4v) is 2.41. The molecule has 0 atom stereocenters. The van der Waals surface area contributed by atoms with Crippen molar-refractivity contribution in [3.05, 3.63) is 77.4 Å². The van der Waals surface area contributed by atoms with Gasteiger partial charge in [0.1, 0.15) is 0 Å². The predicted molar refractivity (Wildman–Crippen MR) is 73.5 cm³/mol. The Morgan fingerprint density at radius 2 is 1.56 bits per heavy atom. The van der Waals surface area contributed by atoms with Crippen LogP contribution in [-0.4, -0.2) is 5.78 Å². The molecule has 0 saturated carbocycles. The predicted octanol–water partition coefficient (Wildman–Crippen LogP) is 3.90. The van der Waals surface area contributed by atoms with Gasteiger partial charge < -0.3 is 0 Å². The molecule has 2 aromatic rings. The van der Waals surface area contributed by atoms with Crippen LogP contribution in [0.4, 0.5) is 0 Å². The van der Waals surface area contributed by atoms with Crippen molar-refractivity contribution < 1.29 is 4.79 Å². The van der Waals surface area contributed by atoms with Crippen molar-refractivity contribution in [2.75, 3.05) is 0 Å². The first-order chi connectivity index (χ1) is 8.84. The number of benzene rings is 2. The standard InChI is InChI=1S/C17H14O/c18-17-12-14(15-8-4-5-9-16(15)17)11-10-13-6-2-1-3-7-13/h1-9,11H,10,12H2/b14-11+. The first kappa shape index (κ1) is 11.0. The summed E-state index contributed by atoms with van der Waals surface area (Å²) in [7, 11) is 0. The van der Waals surface area contributed by atoms with E-state index in [1.807, 2.05) is 42.5 Å². The van der Waals surface area contributed by atoms with Gasteiger partial charge in [0.05, 0.1) is 0 Å². The molecule has 1 aliphatic rings. The lowest BCUT2D eigenvalue weighted by atomic mass is 10.0. The molecule has 2 aromatic carbocycles. The fraction of sp³-hybridized carbons (Fsp3) is 0.118. The summed E-state index contributed by atoms with van der Waals surface area (Å²) < 4.78 is 0. The van der Waals surface area contributed by atoms with Crippen LogP contribution in [0.25, 0.3) is 5.57 Å². The minimum atomic E-state index is 0.241. The molecule has 0 aromatic heterocycles. The van der Waals surface area contributed by atoms with Gasteiger partial charge in [-0.1, -0.05) is 60.7 Å². The van der Waals surface area contributed by atoms with Crippen LogP contribution in [0.2, 0.25) is 0 Å². The Bertz CT molecular complexity index is 609. The van der Waals surface area contributed by atoms with E-state index < -0.39 is 0 Å². The maximum atomic E-state index is 11.8. The van der Waals surface area contributed by atoms with Gasteiger partial charge in [-0.15, -0.1) is 0 Å². The van der Waals surface area contributed by atoms with Gasteiger partial charge in [-0.3, -0.25) is 4.79 Å². The molecule has 1 nitrogen and oxygen atoms in total. The molecule has 1 heteroatoms. The summed E-state index contributed by atoms with van der Waals surface area (Å²) in [5.41, 5.74) is 4.43. The zero-order valence-electron chi connectivity index (χ0n) is 10.1. The van der Waals surface area contributed by atoms with E-state index in [1.165, 1.54) is 11.1 Å². The molecular formula is C17H14O. The van der Waals surface area contributed by atoms with Crippen molar-refractivity contribution >= 4 is 11.4 Å². The molecule has 0 N–H and O–H groups in total. The number of hydrogen-bond donors (Lipinski definition) is 0. The Labute approximate surface area is 107 Å². The lowest BCUT2D eigenvalue weighted by Gasteiger charge is -2.00. The summed E-state index contributed by atoms with van der Waals surface area (Å²) in [5, 5.41) is 0. The second kappa shape index (κ2) is 4.61. The normalized spacial score (nSPS) is 16.0. The number of carbonyl (C=O) groups excluding carboxylic acids is 1. The summed E-state index contributed by atoms with van der Waals surface area (Å²) in [6.07, 6.45) is 3.61. The molecule has 0 radical (unpaired) electrons. The second-order valence-corrected chi connectivity index (χ2v) is 4.56. The van der Waals surface area contributed by atoms with E-state index in [2.05, 4.69) is 18.2 Å². The molecule has 88 valence electrons. The van der Waals surface area contributed by atoms with E-state index in [1.54, 1.807) is 0 Å². The molecule has 0 aliphatic heterocycles. The number of allylic oxidation sites excluding steroid dienone is 2. The minimum absolute atomic E-state index is 0.241. The highest BCUT2D eigenvalue weighted by molar-refractivity contribution is 6.11. The van der Waals surface area contributed by atoms with Gasteiger partial charge >= 0.3 is 0 Å². The summed E-state index contributed by atoms with van der Waals surface area (Å²) in [5.74, 6) is 0.241. The van der Waals surface area contributed by atoms with Crippen LogP contribution >= 0.6 is 0 Å². The minimum Gasteiger partial charge on any atom is -0.294 e. The highest BCUT2D eigenvalue weighted by atomic mass is 16.1. The number of rotatable bonds is 2. The van der Waals surface area contributed by atoms with Gasteiger partial charge in [0.25, 0.3) is 0 Å². The van der Waals surface area contributed by atoms with Crippen LogP contribution in [0, 0.1) is 0 Å². The van der Waals surface area contributed by atoms with Crippen LogP contribution < -0.4 is 0 Å². The third-order valence-electron chi connectivity index (χ3n) is 3.35. The van der Waals surface area contributed by atoms with Gasteiger partial charge in [-0.25, -0.2) is 0 Å². The van der Waals surface area contributed by atoms with Gasteiger partial charge in [-0.05, 0) is 23.1 Å². The van der Waals surface area contributed by atoms with Crippen molar-refractivity contribution in [3.8, 4) is 0 Å². The summed E-state index contributed by atoms with van der Waals surface area (Å²) >= 11 is 0. The van der Waals surface area contributed by atoms with Crippen molar-refractivity contribution in [1.29, 1.82) is 0 Å². The van der Waals surface area contributed by atoms with Gasteiger partial charge in [-0.2, -0.15) is 0 Å². The van der Waals surface area contributed by atoms with Gasteiger partial charge in [0.2, 0.25) is 0 Å². The Morgan fingerprint density at radius 3 is 2.33 bits per heavy atom. The van der Waals surface area contributed by atoms with Crippen LogP contribution in [0.3, 0.4) is 0 Å². The van der Waals surface area contributed by atoms with Gasteiger partial charge in [0.15, 0.2) is 5.78 Å². The molecule has 1 aliphatic carbocycles. The quantitative estimate of drug-likeness (QED) is 0.770. The first-order valence-corrected chi connectivity index (χ1v) is 6.20. The molecule has 0 spiro atoms. The molecule has 0 unspecified atom stereocenters. The molecule has 0 bridgehead atoms. The number of ketones is 1. The highest BCUT2D eigenvalue weighted by Gasteiger charge is 2.22. The van der Waals surface area contributed by atoms with E-state index in [0.717, 1.165) is 17.5 Å². The average molecular weight is 234 g/mol. The number of hydrogen-bond acceptors (Lipinski definition) is 1. The van der Waals surface area contributed by atoms with Crippen molar-refractivity contribution in [3.63, 3.8) is 0 Å². The zero-order valence-corrected chi connectivity index (χ0v) is 10.1. The largest absolute Gasteiger partial charge is 0.294 e. The van der Waals surface area contributed by atoms with Crippen LogP contribution in [0.15, 0.2) is 60.7 Å². The Hall–Kier alpha value is -2.15. The van der Waals surface area contributed by atoms with Crippen molar-refractivity contribution in [2.24, 2.45) is 0 Å². The van der Waals surface area contributed by atoms with Crippen LogP contribution in [0.1, 0.15) is 27.9 Å². The fourth-order valence-electron chi connectivity index (χ4n) is 2.41. The topological polar surface area (TPSA) is 17.1 Å². The number of fused-ring (bicyclic) bond motifs is 1. The Kier molecular flexibility index (Phi) is 2.81. The van der Waals surface area contributed by atoms with E-state index in [9.17, 15) is 4.79 Å². The SMILES string of the molecule is O=C1C/C(=C\Cc2ccccc2)c2ccccc21. The third kappa shape index (κ3) is 2.00. The first-order valence-electron chi connectivity index (χ1n) is 6.20. The van der Waals surface area contributed by atoms with E-state index in [4.69, 9.17) is 0 Å². The summed E-state index contributed by atoms with van der Waals surface area (Å²) in [6, 6.07) is 18.2. The molecule has 0 fully saturated rings. The van der Waals surface area contributed by atoms with Crippen LogP contribution in [-0.2, 0) is 6.42 Å². The maximum absolute atomic E-state index is 11.8. The lowest BCUT2D eigenvalue weighted by Crippen LogP contribution is -1.88. The van der Waals surface area contributed by atoms with Crippen LogP contribution in [0.5, 0.6) is 0 Å². The van der Waals surface area contributed by atoms with E-state index >= 15 is 0 Å².